The zero-order valence-corrected chi connectivity index (χ0v) is 20.8. The summed E-state index contributed by atoms with van der Waals surface area (Å²) in [4.78, 5) is 6.79. The van der Waals surface area contributed by atoms with Gasteiger partial charge in [-0.05, 0) is 82.1 Å². The Morgan fingerprint density at radius 1 is 0.676 bits per heavy atom. The standard InChI is InChI=1S/C28H39N5O/c1-34-25-13-11-23(12-14-25)29-30-28-26(32-17-7-3-8-18-32)21-24(31-15-5-2-6-16-31)22-27(28)33-19-9-4-10-20-33/h11-14,21-22H,2-10,15-20H2,1H3/p+1. The normalized spacial score (nSPS) is 20.1. The third-order valence-electron chi connectivity index (χ3n) is 7.67. The molecule has 5 rings (SSSR count). The topological polar surface area (TPSA) is 44.9 Å². The third kappa shape index (κ3) is 5.38. The second-order valence-electron chi connectivity index (χ2n) is 10.0. The molecule has 0 aromatic heterocycles. The molecular weight excluding hydrogens is 422 g/mol. The van der Waals surface area contributed by atoms with Gasteiger partial charge in [0.1, 0.15) is 17.1 Å². The number of ether oxygens (including phenoxy) is 1. The lowest BCUT2D eigenvalue weighted by molar-refractivity contribution is -0.838. The lowest BCUT2D eigenvalue weighted by atomic mass is 10.0. The van der Waals surface area contributed by atoms with E-state index < -0.39 is 0 Å². The SMILES string of the molecule is COc1ccc(N=Nc2c(N3CCCCC3)cc([NH+]3CCCCC3)cc2N2CCCCC2)cc1. The molecule has 0 aliphatic carbocycles. The molecule has 2 aromatic carbocycles. The Labute approximate surface area is 204 Å². The van der Waals surface area contributed by atoms with Gasteiger partial charge in [-0.25, -0.2) is 0 Å². The Kier molecular flexibility index (Phi) is 7.64. The Morgan fingerprint density at radius 3 is 1.74 bits per heavy atom. The Morgan fingerprint density at radius 2 is 1.21 bits per heavy atom. The summed E-state index contributed by atoms with van der Waals surface area (Å²) in [5, 5.41) is 9.67. The van der Waals surface area contributed by atoms with Crippen molar-refractivity contribution in [2.24, 2.45) is 10.2 Å². The van der Waals surface area contributed by atoms with Crippen molar-refractivity contribution in [1.82, 2.24) is 0 Å². The zero-order valence-electron chi connectivity index (χ0n) is 20.8. The maximum atomic E-state index is 5.31. The van der Waals surface area contributed by atoms with Gasteiger partial charge in [-0.3, -0.25) is 0 Å². The van der Waals surface area contributed by atoms with Crippen LogP contribution in [0.2, 0.25) is 0 Å². The van der Waals surface area contributed by atoms with E-state index in [9.17, 15) is 0 Å². The summed E-state index contributed by atoms with van der Waals surface area (Å²) < 4.78 is 5.31. The van der Waals surface area contributed by atoms with Crippen LogP contribution < -0.4 is 19.4 Å². The molecule has 0 atom stereocenters. The van der Waals surface area contributed by atoms with Crippen molar-refractivity contribution in [3.8, 4) is 5.75 Å². The average Bonchev–Trinajstić information content (AvgIpc) is 2.93. The highest BCUT2D eigenvalue weighted by Crippen LogP contribution is 2.43. The number of piperidine rings is 3. The van der Waals surface area contributed by atoms with E-state index in [1.165, 1.54) is 87.9 Å². The number of azo groups is 1. The van der Waals surface area contributed by atoms with Gasteiger partial charge in [0.15, 0.2) is 0 Å². The first-order valence-corrected chi connectivity index (χ1v) is 13.4. The smallest absolute Gasteiger partial charge is 0.135 e. The van der Waals surface area contributed by atoms with Gasteiger partial charge in [0.2, 0.25) is 0 Å². The summed E-state index contributed by atoms with van der Waals surface area (Å²) >= 11 is 0. The van der Waals surface area contributed by atoms with Gasteiger partial charge in [-0.15, -0.1) is 5.11 Å². The van der Waals surface area contributed by atoms with Gasteiger partial charge in [-0.1, -0.05) is 0 Å². The molecule has 3 aliphatic rings. The molecule has 3 saturated heterocycles. The summed E-state index contributed by atoms with van der Waals surface area (Å²) in [7, 11) is 1.69. The minimum Gasteiger partial charge on any atom is -0.497 e. The molecule has 3 fully saturated rings. The van der Waals surface area contributed by atoms with Crippen LogP contribution in [0.25, 0.3) is 0 Å². The molecule has 2 aromatic rings. The van der Waals surface area contributed by atoms with E-state index in [1.54, 1.807) is 12.0 Å². The molecule has 0 bridgehead atoms. The Balaban J connectivity index is 1.58. The van der Waals surface area contributed by atoms with Gasteiger partial charge >= 0.3 is 0 Å². The van der Waals surface area contributed by atoms with E-state index in [0.717, 1.165) is 43.3 Å². The van der Waals surface area contributed by atoms with Gasteiger partial charge in [-0.2, -0.15) is 5.11 Å². The fourth-order valence-corrected chi connectivity index (χ4v) is 5.69. The van der Waals surface area contributed by atoms with Crippen molar-refractivity contribution in [3.05, 3.63) is 36.4 Å². The van der Waals surface area contributed by atoms with E-state index in [0.29, 0.717) is 0 Å². The number of methoxy groups -OCH3 is 1. The van der Waals surface area contributed by atoms with Crippen LogP contribution in [0.5, 0.6) is 5.75 Å². The second kappa shape index (κ2) is 11.2. The molecule has 182 valence electrons. The maximum absolute atomic E-state index is 5.31. The molecule has 3 heterocycles. The van der Waals surface area contributed by atoms with Gasteiger partial charge in [0, 0.05) is 38.3 Å². The van der Waals surface area contributed by atoms with E-state index in [-0.39, 0.29) is 0 Å². The van der Waals surface area contributed by atoms with Crippen LogP contribution in [-0.4, -0.2) is 46.4 Å². The molecule has 0 radical (unpaired) electrons. The molecule has 0 unspecified atom stereocenters. The van der Waals surface area contributed by atoms with E-state index >= 15 is 0 Å². The number of nitrogens with one attached hydrogen (secondary N) is 1. The van der Waals surface area contributed by atoms with Crippen molar-refractivity contribution in [1.29, 1.82) is 0 Å². The largest absolute Gasteiger partial charge is 0.497 e. The molecule has 0 saturated carbocycles. The second-order valence-corrected chi connectivity index (χ2v) is 10.0. The molecule has 6 nitrogen and oxygen atoms in total. The number of rotatable bonds is 6. The van der Waals surface area contributed by atoms with Crippen molar-refractivity contribution in [3.63, 3.8) is 0 Å². The highest BCUT2D eigenvalue weighted by atomic mass is 16.5. The fourth-order valence-electron chi connectivity index (χ4n) is 5.69. The minimum atomic E-state index is 0.843. The van der Waals surface area contributed by atoms with Crippen LogP contribution in [0.3, 0.4) is 0 Å². The van der Waals surface area contributed by atoms with Crippen molar-refractivity contribution in [2.75, 3.05) is 56.2 Å². The molecule has 3 aliphatic heterocycles. The van der Waals surface area contributed by atoms with Gasteiger partial charge in [0.05, 0.1) is 37.3 Å². The first kappa shape index (κ1) is 23.2. The zero-order chi connectivity index (χ0) is 23.2. The number of benzene rings is 2. The van der Waals surface area contributed by atoms with Crippen molar-refractivity contribution < 1.29 is 9.64 Å². The average molecular weight is 463 g/mol. The van der Waals surface area contributed by atoms with Crippen LogP contribution in [0, 0.1) is 0 Å². The van der Waals surface area contributed by atoms with Crippen molar-refractivity contribution in [2.45, 2.75) is 57.8 Å². The predicted molar refractivity (Wildman–Crippen MR) is 140 cm³/mol. The number of nitrogens with zero attached hydrogens (tertiary/aromatic N) is 4. The Hall–Kier alpha value is -2.60. The summed E-state index contributed by atoms with van der Waals surface area (Å²) in [6.45, 7) is 6.94. The lowest BCUT2D eigenvalue weighted by Crippen LogP contribution is -3.08. The van der Waals surface area contributed by atoms with Gasteiger partial charge < -0.3 is 19.4 Å². The first-order chi connectivity index (χ1) is 16.8. The molecule has 1 N–H and O–H groups in total. The predicted octanol–water partition coefficient (Wildman–Crippen LogP) is 5.79. The van der Waals surface area contributed by atoms with Gasteiger partial charge in [0.25, 0.3) is 0 Å². The number of hydrogen-bond acceptors (Lipinski definition) is 5. The molecule has 34 heavy (non-hydrogen) atoms. The molecule has 0 amide bonds. The van der Waals surface area contributed by atoms with Crippen LogP contribution in [0.4, 0.5) is 28.4 Å². The van der Waals surface area contributed by atoms with Crippen molar-refractivity contribution >= 4 is 28.4 Å². The van der Waals surface area contributed by atoms with Crippen LogP contribution in [-0.2, 0) is 0 Å². The quantitative estimate of drug-likeness (QED) is 0.553. The van der Waals surface area contributed by atoms with E-state index in [4.69, 9.17) is 15.0 Å². The van der Waals surface area contributed by atoms with Crippen LogP contribution in [0.1, 0.15) is 57.8 Å². The minimum absolute atomic E-state index is 0.843. The van der Waals surface area contributed by atoms with Crippen LogP contribution >= 0.6 is 0 Å². The maximum Gasteiger partial charge on any atom is 0.135 e. The summed E-state index contributed by atoms with van der Waals surface area (Å²) in [5.74, 6) is 0.843. The molecular formula is C28H40N5O+. The molecule has 6 heteroatoms. The van der Waals surface area contributed by atoms with E-state index in [2.05, 4.69) is 21.9 Å². The highest BCUT2D eigenvalue weighted by Gasteiger charge is 2.26. The Bertz CT molecular complexity index is 916. The first-order valence-electron chi connectivity index (χ1n) is 13.4. The summed E-state index contributed by atoms with van der Waals surface area (Å²) in [6.07, 6.45) is 11.7. The third-order valence-corrected chi connectivity index (χ3v) is 7.67. The number of quaternary nitrogens is 1. The lowest BCUT2D eigenvalue weighted by Gasteiger charge is -2.35. The highest BCUT2D eigenvalue weighted by molar-refractivity contribution is 5.84. The fraction of sp³-hybridized carbons (Fsp3) is 0.571. The number of hydrogen-bond donors (Lipinski definition) is 1. The summed E-state index contributed by atoms with van der Waals surface area (Å²) in [6, 6.07) is 12.8. The number of anilines is 2. The molecule has 0 spiro atoms. The monoisotopic (exact) mass is 462 g/mol. The summed E-state index contributed by atoms with van der Waals surface area (Å²) in [5.41, 5.74) is 5.94. The van der Waals surface area contributed by atoms with Crippen LogP contribution in [0.15, 0.2) is 46.6 Å². The van der Waals surface area contributed by atoms with E-state index in [1.807, 2.05) is 24.3 Å².